The fourth-order valence-corrected chi connectivity index (χ4v) is 4.15. The number of hydrogen-bond donors (Lipinski definition) is 2. The second-order valence-corrected chi connectivity index (χ2v) is 8.84. The molecule has 0 aliphatic heterocycles. The van der Waals surface area contributed by atoms with Crippen LogP contribution in [0.5, 0.6) is 0 Å². The highest BCUT2D eigenvalue weighted by atomic mass is 32.2. The number of aromatic nitrogens is 2. The fraction of sp³-hybridized carbons (Fsp3) is 0.0417. The maximum atomic E-state index is 13.0. The number of nitrogens with zero attached hydrogens (tertiary/aromatic N) is 2. The third-order valence-electron chi connectivity index (χ3n) is 4.72. The molecule has 1 amide bonds. The van der Waals surface area contributed by atoms with Crippen molar-refractivity contribution < 1.29 is 17.6 Å². The number of carbonyl (C=O) groups is 1. The van der Waals surface area contributed by atoms with Gasteiger partial charge in [0.25, 0.3) is 15.9 Å². The zero-order valence-corrected chi connectivity index (χ0v) is 18.3. The van der Waals surface area contributed by atoms with Crippen LogP contribution in [0.1, 0.15) is 16.2 Å². The van der Waals surface area contributed by atoms with E-state index >= 15 is 0 Å². The van der Waals surface area contributed by atoms with Crippen LogP contribution >= 0.6 is 0 Å². The lowest BCUT2D eigenvalue weighted by molar-refractivity contribution is 0.102. The largest absolute Gasteiger partial charge is 0.322 e. The quantitative estimate of drug-likeness (QED) is 0.435. The van der Waals surface area contributed by atoms with E-state index in [9.17, 15) is 17.6 Å². The minimum Gasteiger partial charge on any atom is -0.322 e. The molecule has 1 aromatic heterocycles. The molecule has 166 valence electrons. The van der Waals surface area contributed by atoms with E-state index in [1.165, 1.54) is 36.4 Å². The van der Waals surface area contributed by atoms with Crippen LogP contribution in [0.4, 0.5) is 15.8 Å². The Bertz CT molecular complexity index is 1410. The Labute approximate surface area is 190 Å². The van der Waals surface area contributed by atoms with Gasteiger partial charge in [0.2, 0.25) is 0 Å². The monoisotopic (exact) mass is 462 g/mol. The number of benzene rings is 3. The molecule has 33 heavy (non-hydrogen) atoms. The Morgan fingerprint density at radius 1 is 0.909 bits per heavy atom. The Balaban J connectivity index is 1.46. The minimum absolute atomic E-state index is 0.0653. The van der Waals surface area contributed by atoms with E-state index < -0.39 is 15.8 Å². The van der Waals surface area contributed by atoms with Gasteiger partial charge in [-0.25, -0.2) is 22.8 Å². The van der Waals surface area contributed by atoms with Crippen molar-refractivity contribution in [2.45, 2.75) is 11.8 Å². The summed E-state index contributed by atoms with van der Waals surface area (Å²) in [4.78, 5) is 21.1. The lowest BCUT2D eigenvalue weighted by Crippen LogP contribution is -2.14. The normalized spacial score (nSPS) is 11.1. The summed E-state index contributed by atoms with van der Waals surface area (Å²) in [5.41, 5.74) is 2.80. The first-order valence-electron chi connectivity index (χ1n) is 9.90. The van der Waals surface area contributed by atoms with Crippen molar-refractivity contribution in [1.29, 1.82) is 0 Å². The molecular weight excluding hydrogens is 443 g/mol. The van der Waals surface area contributed by atoms with Gasteiger partial charge in [0.05, 0.1) is 10.6 Å². The molecule has 0 fully saturated rings. The number of amides is 1. The first-order chi connectivity index (χ1) is 15.8. The third kappa shape index (κ3) is 5.39. The summed E-state index contributed by atoms with van der Waals surface area (Å²) in [5, 5.41) is 2.83. The van der Waals surface area contributed by atoms with Gasteiger partial charge in [-0.3, -0.25) is 9.52 Å². The molecule has 4 aromatic rings. The van der Waals surface area contributed by atoms with Gasteiger partial charge in [0.1, 0.15) is 11.6 Å². The highest BCUT2D eigenvalue weighted by Crippen LogP contribution is 2.22. The summed E-state index contributed by atoms with van der Waals surface area (Å²) in [6.07, 6.45) is 1.68. The maximum Gasteiger partial charge on any atom is 0.261 e. The van der Waals surface area contributed by atoms with Crippen molar-refractivity contribution in [3.63, 3.8) is 0 Å². The first-order valence-corrected chi connectivity index (χ1v) is 11.4. The van der Waals surface area contributed by atoms with Gasteiger partial charge >= 0.3 is 0 Å². The van der Waals surface area contributed by atoms with Crippen LogP contribution in [-0.2, 0) is 10.0 Å². The Morgan fingerprint density at radius 2 is 1.64 bits per heavy atom. The summed E-state index contributed by atoms with van der Waals surface area (Å²) < 4.78 is 40.3. The number of hydrogen-bond acceptors (Lipinski definition) is 5. The van der Waals surface area contributed by atoms with Crippen molar-refractivity contribution in [3.05, 3.63) is 102 Å². The van der Waals surface area contributed by atoms with Crippen LogP contribution in [0.25, 0.3) is 11.3 Å². The molecule has 1 heterocycles. The van der Waals surface area contributed by atoms with Gasteiger partial charge in [0.15, 0.2) is 0 Å². The first kappa shape index (κ1) is 22.1. The van der Waals surface area contributed by atoms with Gasteiger partial charge in [-0.1, -0.05) is 12.1 Å². The van der Waals surface area contributed by atoms with Crippen molar-refractivity contribution in [2.24, 2.45) is 0 Å². The number of carbonyl (C=O) groups excluding carboxylic acids is 1. The molecule has 0 spiro atoms. The van der Waals surface area contributed by atoms with Crippen molar-refractivity contribution >= 4 is 27.3 Å². The van der Waals surface area contributed by atoms with Crippen LogP contribution in [0, 0.1) is 12.7 Å². The number of nitrogens with one attached hydrogen (secondary N) is 2. The summed E-state index contributed by atoms with van der Waals surface area (Å²) in [6, 6.07) is 19.6. The molecular formula is C24H19FN4O3S. The van der Waals surface area contributed by atoms with Crippen LogP contribution in [0.2, 0.25) is 0 Å². The second-order valence-electron chi connectivity index (χ2n) is 7.16. The molecule has 9 heteroatoms. The zero-order chi connectivity index (χ0) is 23.4. The molecule has 2 N–H and O–H groups in total. The standard InChI is InChI=1S/C24H19FN4O3S/c1-16-26-14-13-23(27-16)18-3-2-4-21(15-18)28-24(30)17-5-9-20(10-6-17)29-33(31,32)22-11-7-19(25)8-12-22/h2-15,29H,1H3,(H,28,30). The average Bonchev–Trinajstić information content (AvgIpc) is 2.80. The van der Waals surface area contributed by atoms with Crippen LogP contribution < -0.4 is 10.0 Å². The van der Waals surface area contributed by atoms with Crippen molar-refractivity contribution in [3.8, 4) is 11.3 Å². The topological polar surface area (TPSA) is 101 Å². The molecule has 3 aromatic carbocycles. The average molecular weight is 463 g/mol. The molecule has 0 saturated heterocycles. The third-order valence-corrected chi connectivity index (χ3v) is 6.11. The number of halogens is 1. The van der Waals surface area contributed by atoms with Gasteiger partial charge in [0, 0.05) is 28.7 Å². The van der Waals surface area contributed by atoms with E-state index in [4.69, 9.17) is 0 Å². The minimum atomic E-state index is -3.87. The van der Waals surface area contributed by atoms with E-state index in [-0.39, 0.29) is 16.5 Å². The van der Waals surface area contributed by atoms with E-state index in [0.29, 0.717) is 17.1 Å². The number of sulfonamides is 1. The predicted molar refractivity (Wildman–Crippen MR) is 124 cm³/mol. The number of rotatable bonds is 6. The van der Waals surface area contributed by atoms with Gasteiger partial charge in [-0.2, -0.15) is 0 Å². The van der Waals surface area contributed by atoms with E-state index in [2.05, 4.69) is 20.0 Å². The molecule has 0 saturated carbocycles. The Hall–Kier alpha value is -4.11. The molecule has 4 rings (SSSR count). The summed E-state index contributed by atoms with van der Waals surface area (Å²) >= 11 is 0. The van der Waals surface area contributed by atoms with E-state index in [0.717, 1.165) is 23.4 Å². The Kier molecular flexibility index (Phi) is 6.14. The molecule has 0 bridgehead atoms. The van der Waals surface area contributed by atoms with E-state index in [1.807, 2.05) is 18.2 Å². The molecule has 7 nitrogen and oxygen atoms in total. The highest BCUT2D eigenvalue weighted by Gasteiger charge is 2.15. The highest BCUT2D eigenvalue weighted by molar-refractivity contribution is 7.92. The van der Waals surface area contributed by atoms with Crippen LogP contribution in [-0.4, -0.2) is 24.3 Å². The lowest BCUT2D eigenvalue weighted by Gasteiger charge is -2.10. The Morgan fingerprint density at radius 3 is 2.33 bits per heavy atom. The SMILES string of the molecule is Cc1nccc(-c2cccc(NC(=O)c3ccc(NS(=O)(=O)c4ccc(F)cc4)cc3)c2)n1. The molecule has 0 aliphatic carbocycles. The molecule has 0 unspecified atom stereocenters. The van der Waals surface area contributed by atoms with E-state index in [1.54, 1.807) is 25.3 Å². The van der Waals surface area contributed by atoms with Crippen molar-refractivity contribution in [1.82, 2.24) is 9.97 Å². The van der Waals surface area contributed by atoms with Crippen LogP contribution in [0.15, 0.2) is 90.0 Å². The molecule has 0 atom stereocenters. The summed E-state index contributed by atoms with van der Waals surface area (Å²) in [6.45, 7) is 1.80. The second kappa shape index (κ2) is 9.17. The van der Waals surface area contributed by atoms with Gasteiger partial charge in [-0.15, -0.1) is 0 Å². The van der Waals surface area contributed by atoms with Gasteiger partial charge in [-0.05, 0) is 73.7 Å². The zero-order valence-electron chi connectivity index (χ0n) is 17.5. The number of anilines is 2. The van der Waals surface area contributed by atoms with Crippen molar-refractivity contribution in [2.75, 3.05) is 10.0 Å². The summed E-state index contributed by atoms with van der Waals surface area (Å²) in [5.74, 6) is -0.224. The molecule has 0 radical (unpaired) electrons. The fourth-order valence-electron chi connectivity index (χ4n) is 3.09. The smallest absolute Gasteiger partial charge is 0.261 e. The molecule has 0 aliphatic rings. The summed E-state index contributed by atoms with van der Waals surface area (Å²) in [7, 11) is -3.87. The maximum absolute atomic E-state index is 13.0. The number of aryl methyl sites for hydroxylation is 1. The van der Waals surface area contributed by atoms with Gasteiger partial charge < -0.3 is 5.32 Å². The predicted octanol–water partition coefficient (Wildman–Crippen LogP) is 4.64. The van der Waals surface area contributed by atoms with Crippen LogP contribution in [0.3, 0.4) is 0 Å². The lowest BCUT2D eigenvalue weighted by atomic mass is 10.1.